The van der Waals surface area contributed by atoms with Gasteiger partial charge >= 0.3 is 0 Å². The Morgan fingerprint density at radius 2 is 2.23 bits per heavy atom. The maximum atomic E-state index is 12.4. The van der Waals surface area contributed by atoms with E-state index in [0.29, 0.717) is 18.2 Å². The molecular weight excluding hydrogens is 276 g/mol. The van der Waals surface area contributed by atoms with Gasteiger partial charge in [-0.15, -0.1) is 0 Å². The quantitative estimate of drug-likeness (QED) is 0.797. The molecule has 120 valence electrons. The van der Waals surface area contributed by atoms with Crippen molar-refractivity contribution in [2.75, 3.05) is 26.2 Å². The highest BCUT2D eigenvalue weighted by atomic mass is 16.2. The van der Waals surface area contributed by atoms with E-state index in [4.69, 9.17) is 0 Å². The molecule has 0 N–H and O–H groups in total. The van der Waals surface area contributed by atoms with E-state index >= 15 is 0 Å². The largest absolute Gasteiger partial charge is 0.341 e. The predicted molar refractivity (Wildman–Crippen MR) is 86.2 cm³/mol. The molecule has 2 aliphatic rings. The third-order valence-electron chi connectivity index (χ3n) is 4.78. The summed E-state index contributed by atoms with van der Waals surface area (Å²) in [5.74, 6) is 1.89. The summed E-state index contributed by atoms with van der Waals surface area (Å²) < 4.78 is 2.07. The Morgan fingerprint density at radius 3 is 2.95 bits per heavy atom. The number of hydrogen-bond acceptors (Lipinski definition) is 3. The molecule has 1 atom stereocenters. The summed E-state index contributed by atoms with van der Waals surface area (Å²) in [6.07, 6.45) is 12.3. The van der Waals surface area contributed by atoms with Gasteiger partial charge in [0.2, 0.25) is 5.91 Å². The van der Waals surface area contributed by atoms with Gasteiger partial charge < -0.3 is 9.47 Å². The zero-order chi connectivity index (χ0) is 15.4. The Kier molecular flexibility index (Phi) is 4.93. The zero-order valence-corrected chi connectivity index (χ0v) is 13.4. The average molecular weight is 302 g/mol. The summed E-state index contributed by atoms with van der Waals surface area (Å²) in [7, 11) is 2.03. The first-order chi connectivity index (χ1) is 10.7. The summed E-state index contributed by atoms with van der Waals surface area (Å²) in [4.78, 5) is 21.3. The molecule has 0 bridgehead atoms. The molecule has 1 unspecified atom stereocenters. The summed E-state index contributed by atoms with van der Waals surface area (Å²) in [6, 6.07) is 0. The monoisotopic (exact) mass is 302 g/mol. The Bertz CT molecular complexity index is 537. The van der Waals surface area contributed by atoms with Gasteiger partial charge in [0, 0.05) is 52.0 Å². The number of carbonyl (C=O) groups excluding carboxylic acids is 1. The molecule has 3 rings (SSSR count). The normalized spacial score (nSPS) is 23.0. The SMILES string of the molecule is Cn1ccnc1CN1CCCN(C(=O)CC2C=CCC2)CC1. The third kappa shape index (κ3) is 3.77. The summed E-state index contributed by atoms with van der Waals surface area (Å²) in [5.41, 5.74) is 0. The number of amides is 1. The van der Waals surface area contributed by atoms with Crippen LogP contribution in [0.3, 0.4) is 0 Å². The lowest BCUT2D eigenvalue weighted by Crippen LogP contribution is -2.35. The van der Waals surface area contributed by atoms with Crippen molar-refractivity contribution in [2.24, 2.45) is 13.0 Å². The fourth-order valence-corrected chi connectivity index (χ4v) is 3.35. The molecule has 0 radical (unpaired) electrons. The van der Waals surface area contributed by atoms with Gasteiger partial charge in [0.15, 0.2) is 0 Å². The second kappa shape index (κ2) is 7.09. The number of carbonyl (C=O) groups is 1. The Labute approximate surface area is 132 Å². The van der Waals surface area contributed by atoms with Crippen LogP contribution in [0.25, 0.3) is 0 Å². The fourth-order valence-electron chi connectivity index (χ4n) is 3.35. The minimum absolute atomic E-state index is 0.329. The molecule has 2 heterocycles. The average Bonchev–Trinajstić information content (AvgIpc) is 3.08. The number of hydrogen-bond donors (Lipinski definition) is 0. The van der Waals surface area contributed by atoms with Crippen LogP contribution in [0.1, 0.15) is 31.5 Å². The Morgan fingerprint density at radius 1 is 1.32 bits per heavy atom. The standard InChI is InChI=1S/C17H26N4O/c1-19-10-7-18-16(19)14-20-8-4-9-21(12-11-20)17(22)13-15-5-2-3-6-15/h2,5,7,10,15H,3-4,6,8-9,11-14H2,1H3. The summed E-state index contributed by atoms with van der Waals surface area (Å²) in [6.45, 7) is 4.60. The third-order valence-corrected chi connectivity index (χ3v) is 4.78. The van der Waals surface area contributed by atoms with Crippen LogP contribution in [0.15, 0.2) is 24.5 Å². The van der Waals surface area contributed by atoms with Gasteiger partial charge in [0.1, 0.15) is 5.82 Å². The molecule has 1 aliphatic carbocycles. The van der Waals surface area contributed by atoms with Crippen molar-refractivity contribution >= 4 is 5.91 Å². The second-order valence-electron chi connectivity index (χ2n) is 6.43. The van der Waals surface area contributed by atoms with E-state index in [9.17, 15) is 4.79 Å². The summed E-state index contributed by atoms with van der Waals surface area (Å²) in [5, 5.41) is 0. The fraction of sp³-hybridized carbons (Fsp3) is 0.647. The van der Waals surface area contributed by atoms with Crippen LogP contribution >= 0.6 is 0 Å². The molecule has 1 aliphatic heterocycles. The van der Waals surface area contributed by atoms with Gasteiger partial charge in [0.25, 0.3) is 0 Å². The number of aromatic nitrogens is 2. The van der Waals surface area contributed by atoms with Crippen molar-refractivity contribution in [1.29, 1.82) is 0 Å². The molecular formula is C17H26N4O. The van der Waals surface area contributed by atoms with E-state index < -0.39 is 0 Å². The van der Waals surface area contributed by atoms with Crippen molar-refractivity contribution in [3.05, 3.63) is 30.4 Å². The second-order valence-corrected chi connectivity index (χ2v) is 6.43. The molecule has 1 aromatic heterocycles. The van der Waals surface area contributed by atoms with Crippen molar-refractivity contribution < 1.29 is 4.79 Å². The molecule has 1 aromatic rings. The predicted octanol–water partition coefficient (Wildman–Crippen LogP) is 1.81. The van der Waals surface area contributed by atoms with E-state index in [2.05, 4.69) is 31.5 Å². The molecule has 22 heavy (non-hydrogen) atoms. The molecule has 0 spiro atoms. The summed E-state index contributed by atoms with van der Waals surface area (Å²) >= 11 is 0. The molecule has 1 amide bonds. The Hall–Kier alpha value is -1.62. The zero-order valence-electron chi connectivity index (χ0n) is 13.4. The van der Waals surface area contributed by atoms with Gasteiger partial charge in [-0.3, -0.25) is 9.69 Å². The lowest BCUT2D eigenvalue weighted by atomic mass is 10.0. The first-order valence-electron chi connectivity index (χ1n) is 8.35. The Balaban J connectivity index is 1.50. The van der Waals surface area contributed by atoms with Crippen LogP contribution in [0.4, 0.5) is 0 Å². The van der Waals surface area contributed by atoms with Gasteiger partial charge in [-0.2, -0.15) is 0 Å². The molecule has 5 heteroatoms. The van der Waals surface area contributed by atoms with E-state index in [0.717, 1.165) is 57.8 Å². The van der Waals surface area contributed by atoms with Crippen molar-refractivity contribution in [3.63, 3.8) is 0 Å². The smallest absolute Gasteiger partial charge is 0.223 e. The van der Waals surface area contributed by atoms with E-state index in [-0.39, 0.29) is 0 Å². The van der Waals surface area contributed by atoms with Crippen LogP contribution in [-0.4, -0.2) is 51.4 Å². The van der Waals surface area contributed by atoms with Gasteiger partial charge in [-0.1, -0.05) is 12.2 Å². The molecule has 1 fully saturated rings. The number of aryl methyl sites for hydroxylation is 1. The highest BCUT2D eigenvalue weighted by molar-refractivity contribution is 5.76. The van der Waals surface area contributed by atoms with Crippen LogP contribution in [0.5, 0.6) is 0 Å². The maximum absolute atomic E-state index is 12.4. The van der Waals surface area contributed by atoms with Gasteiger partial charge in [-0.25, -0.2) is 4.98 Å². The topological polar surface area (TPSA) is 41.4 Å². The van der Waals surface area contributed by atoms with E-state index in [1.54, 1.807) is 0 Å². The van der Waals surface area contributed by atoms with Crippen LogP contribution < -0.4 is 0 Å². The first kappa shape index (κ1) is 15.3. The van der Waals surface area contributed by atoms with Crippen LogP contribution in [0.2, 0.25) is 0 Å². The minimum atomic E-state index is 0.329. The number of imidazole rings is 1. The number of nitrogens with zero attached hydrogens (tertiary/aromatic N) is 4. The first-order valence-corrected chi connectivity index (χ1v) is 8.35. The molecule has 0 saturated carbocycles. The maximum Gasteiger partial charge on any atom is 0.223 e. The highest BCUT2D eigenvalue weighted by Gasteiger charge is 2.22. The van der Waals surface area contributed by atoms with E-state index in [1.165, 1.54) is 0 Å². The lowest BCUT2D eigenvalue weighted by Gasteiger charge is -2.23. The van der Waals surface area contributed by atoms with Crippen molar-refractivity contribution in [2.45, 2.75) is 32.2 Å². The number of allylic oxidation sites excluding steroid dienone is 2. The lowest BCUT2D eigenvalue weighted by molar-refractivity contribution is -0.131. The van der Waals surface area contributed by atoms with Crippen LogP contribution in [-0.2, 0) is 18.4 Å². The minimum Gasteiger partial charge on any atom is -0.341 e. The van der Waals surface area contributed by atoms with Crippen LogP contribution in [0, 0.1) is 5.92 Å². The van der Waals surface area contributed by atoms with Gasteiger partial charge in [0.05, 0.1) is 6.54 Å². The van der Waals surface area contributed by atoms with Crippen molar-refractivity contribution in [3.8, 4) is 0 Å². The van der Waals surface area contributed by atoms with Gasteiger partial charge in [-0.05, 0) is 25.2 Å². The molecule has 0 aromatic carbocycles. The highest BCUT2D eigenvalue weighted by Crippen LogP contribution is 2.21. The number of rotatable bonds is 4. The van der Waals surface area contributed by atoms with Crippen molar-refractivity contribution in [1.82, 2.24) is 19.4 Å². The molecule has 5 nitrogen and oxygen atoms in total. The molecule has 1 saturated heterocycles. The van der Waals surface area contributed by atoms with E-state index in [1.807, 2.05) is 19.4 Å².